The number of halogens is 1. The molecule has 1 heterocycles. The number of rotatable bonds is 5. The Balaban J connectivity index is 1.40. The number of hydrogen-bond donors (Lipinski definition) is 1. The van der Waals surface area contributed by atoms with Gasteiger partial charge in [-0.05, 0) is 49.1 Å². The standard InChI is InChI=1S/C25H27ClN2O3S/c1-28-20-14-17(24(29)27-15-18-7-3-4-9-21(18)31-2)10-11-22(20)32-23(25(28)30)13-16-6-5-8-19(26)12-16/h3-9,12-13,17,20,22H,10-11,14-15H2,1-2H3,(H,27,29)/b23-13-. The van der Waals surface area contributed by atoms with Crippen LogP contribution < -0.4 is 10.1 Å². The second kappa shape index (κ2) is 10.0. The van der Waals surface area contributed by atoms with Crippen molar-refractivity contribution in [3.63, 3.8) is 0 Å². The topological polar surface area (TPSA) is 58.6 Å². The van der Waals surface area contributed by atoms with Crippen LogP contribution >= 0.6 is 23.4 Å². The van der Waals surface area contributed by atoms with Crippen molar-refractivity contribution < 1.29 is 14.3 Å². The van der Waals surface area contributed by atoms with E-state index in [0.717, 1.165) is 34.6 Å². The van der Waals surface area contributed by atoms with Crippen LogP contribution in [0.3, 0.4) is 0 Å². The molecule has 3 unspecified atom stereocenters. The molecule has 168 valence electrons. The molecule has 1 N–H and O–H groups in total. The van der Waals surface area contributed by atoms with E-state index < -0.39 is 0 Å². The van der Waals surface area contributed by atoms with Gasteiger partial charge in [0.15, 0.2) is 0 Å². The number of hydrogen-bond acceptors (Lipinski definition) is 4. The molecule has 0 aromatic heterocycles. The highest BCUT2D eigenvalue weighted by Gasteiger charge is 2.42. The summed E-state index contributed by atoms with van der Waals surface area (Å²) < 4.78 is 5.37. The maximum Gasteiger partial charge on any atom is 0.260 e. The normalized spacial score (nSPS) is 24.2. The highest BCUT2D eigenvalue weighted by molar-refractivity contribution is 8.04. The van der Waals surface area contributed by atoms with Crippen LogP contribution in [-0.2, 0) is 16.1 Å². The summed E-state index contributed by atoms with van der Waals surface area (Å²) in [5.41, 5.74) is 1.87. The molecule has 0 spiro atoms. The molecule has 3 atom stereocenters. The number of para-hydroxylation sites is 1. The Labute approximate surface area is 198 Å². The third-order valence-corrected chi connectivity index (χ3v) is 7.86. The molecule has 1 saturated carbocycles. The first-order chi connectivity index (χ1) is 15.5. The molecule has 2 aromatic carbocycles. The van der Waals surface area contributed by atoms with E-state index in [1.54, 1.807) is 18.9 Å². The molecule has 1 aliphatic heterocycles. The van der Waals surface area contributed by atoms with Crippen molar-refractivity contribution in [3.05, 3.63) is 69.6 Å². The molecule has 2 amide bonds. The predicted molar refractivity (Wildman–Crippen MR) is 130 cm³/mol. The summed E-state index contributed by atoms with van der Waals surface area (Å²) in [7, 11) is 3.48. The largest absolute Gasteiger partial charge is 0.496 e. The fraction of sp³-hybridized carbons (Fsp3) is 0.360. The number of fused-ring (bicyclic) bond motifs is 1. The van der Waals surface area contributed by atoms with E-state index in [2.05, 4.69) is 5.32 Å². The van der Waals surface area contributed by atoms with Crippen molar-refractivity contribution in [2.45, 2.75) is 37.1 Å². The molecule has 2 fully saturated rings. The number of carbonyl (C=O) groups is 2. The smallest absolute Gasteiger partial charge is 0.260 e. The van der Waals surface area contributed by atoms with Gasteiger partial charge in [0.05, 0.1) is 12.0 Å². The van der Waals surface area contributed by atoms with Crippen LogP contribution in [0.25, 0.3) is 6.08 Å². The van der Waals surface area contributed by atoms with Crippen LogP contribution in [0.15, 0.2) is 53.4 Å². The van der Waals surface area contributed by atoms with Gasteiger partial charge in [-0.25, -0.2) is 0 Å². The average molecular weight is 471 g/mol. The van der Waals surface area contributed by atoms with Crippen LogP contribution in [0.5, 0.6) is 5.75 Å². The zero-order valence-corrected chi connectivity index (χ0v) is 19.8. The average Bonchev–Trinajstić information content (AvgIpc) is 2.81. The van der Waals surface area contributed by atoms with Gasteiger partial charge < -0.3 is 15.0 Å². The first-order valence-corrected chi connectivity index (χ1v) is 12.0. The highest BCUT2D eigenvalue weighted by Crippen LogP contribution is 2.43. The predicted octanol–water partition coefficient (Wildman–Crippen LogP) is 4.75. The number of carbonyl (C=O) groups excluding carboxylic acids is 2. The van der Waals surface area contributed by atoms with Gasteiger partial charge >= 0.3 is 0 Å². The van der Waals surface area contributed by atoms with Gasteiger partial charge in [-0.2, -0.15) is 0 Å². The molecule has 7 heteroatoms. The Morgan fingerprint density at radius 1 is 1.25 bits per heavy atom. The lowest BCUT2D eigenvalue weighted by Gasteiger charge is -2.44. The summed E-state index contributed by atoms with van der Waals surface area (Å²) in [5.74, 6) is 0.719. The van der Waals surface area contributed by atoms with E-state index in [0.29, 0.717) is 23.2 Å². The Kier molecular flexibility index (Phi) is 7.11. The summed E-state index contributed by atoms with van der Waals surface area (Å²) in [6.07, 6.45) is 4.31. The molecule has 5 nitrogen and oxygen atoms in total. The van der Waals surface area contributed by atoms with E-state index in [1.165, 1.54) is 0 Å². The molecule has 1 aliphatic carbocycles. The second-order valence-corrected chi connectivity index (χ2v) is 9.96. The molecule has 1 saturated heterocycles. The number of amides is 2. The van der Waals surface area contributed by atoms with Crippen molar-refractivity contribution in [3.8, 4) is 5.75 Å². The third kappa shape index (κ3) is 4.97. The summed E-state index contributed by atoms with van der Waals surface area (Å²) in [6, 6.07) is 15.3. The summed E-state index contributed by atoms with van der Waals surface area (Å²) in [5, 5.41) is 4.00. The molecular formula is C25H27ClN2O3S. The third-order valence-electron chi connectivity index (χ3n) is 6.22. The van der Waals surface area contributed by atoms with E-state index in [1.807, 2.05) is 66.6 Å². The van der Waals surface area contributed by atoms with Crippen LogP contribution in [0.1, 0.15) is 30.4 Å². The molecule has 2 aromatic rings. The minimum Gasteiger partial charge on any atom is -0.496 e. The summed E-state index contributed by atoms with van der Waals surface area (Å²) >= 11 is 7.72. The van der Waals surface area contributed by atoms with Gasteiger partial charge in [-0.3, -0.25) is 9.59 Å². The van der Waals surface area contributed by atoms with Gasteiger partial charge in [0.25, 0.3) is 5.91 Å². The van der Waals surface area contributed by atoms with E-state index in [4.69, 9.17) is 16.3 Å². The van der Waals surface area contributed by atoms with E-state index in [9.17, 15) is 9.59 Å². The number of methoxy groups -OCH3 is 1. The lowest BCUT2D eigenvalue weighted by molar-refractivity contribution is -0.132. The van der Waals surface area contributed by atoms with Crippen LogP contribution in [-0.4, -0.2) is 42.2 Å². The van der Waals surface area contributed by atoms with Crippen LogP contribution in [0.2, 0.25) is 5.02 Å². The van der Waals surface area contributed by atoms with E-state index in [-0.39, 0.29) is 23.8 Å². The number of likely N-dealkylation sites (N-methyl/N-ethyl adjacent to an activating group) is 1. The van der Waals surface area contributed by atoms with Crippen LogP contribution in [0, 0.1) is 5.92 Å². The zero-order chi connectivity index (χ0) is 22.7. The van der Waals surface area contributed by atoms with Crippen molar-refractivity contribution in [2.24, 2.45) is 5.92 Å². The Morgan fingerprint density at radius 2 is 2.06 bits per heavy atom. The van der Waals surface area contributed by atoms with Crippen molar-refractivity contribution in [1.29, 1.82) is 0 Å². The number of benzene rings is 2. The fourth-order valence-corrected chi connectivity index (χ4v) is 6.14. The number of thioether (sulfide) groups is 1. The summed E-state index contributed by atoms with van der Waals surface area (Å²) in [4.78, 5) is 28.4. The maximum atomic E-state index is 13.0. The molecule has 32 heavy (non-hydrogen) atoms. The molecular weight excluding hydrogens is 444 g/mol. The number of nitrogens with zero attached hydrogens (tertiary/aromatic N) is 1. The number of nitrogens with one attached hydrogen (secondary N) is 1. The molecule has 2 aliphatic rings. The minimum absolute atomic E-state index is 0.00584. The Hall–Kier alpha value is -2.44. The quantitative estimate of drug-likeness (QED) is 0.641. The maximum absolute atomic E-state index is 13.0. The molecule has 0 bridgehead atoms. The van der Waals surface area contributed by atoms with Gasteiger partial charge in [-0.1, -0.05) is 41.9 Å². The molecule has 0 radical (unpaired) electrons. The number of ether oxygens (including phenoxy) is 1. The van der Waals surface area contributed by atoms with Crippen molar-refractivity contribution in [1.82, 2.24) is 10.2 Å². The Bertz CT molecular complexity index is 1040. The first-order valence-electron chi connectivity index (χ1n) is 10.8. The van der Waals surface area contributed by atoms with Gasteiger partial charge in [0.2, 0.25) is 5.91 Å². The first kappa shape index (κ1) is 22.7. The fourth-order valence-electron chi connectivity index (χ4n) is 4.46. The van der Waals surface area contributed by atoms with Gasteiger partial charge in [0, 0.05) is 41.4 Å². The molecule has 4 rings (SSSR count). The Morgan fingerprint density at radius 3 is 2.84 bits per heavy atom. The lowest BCUT2D eigenvalue weighted by Crippen LogP contribution is -2.52. The zero-order valence-electron chi connectivity index (χ0n) is 18.2. The minimum atomic E-state index is -0.0970. The van der Waals surface area contributed by atoms with Gasteiger partial charge in [0.1, 0.15) is 5.75 Å². The SMILES string of the molecule is COc1ccccc1CNC(=O)C1CCC2S/C(=C\c3cccc(Cl)c3)C(=O)N(C)C2C1. The lowest BCUT2D eigenvalue weighted by atomic mass is 9.83. The van der Waals surface area contributed by atoms with Crippen molar-refractivity contribution in [2.75, 3.05) is 14.2 Å². The van der Waals surface area contributed by atoms with Crippen molar-refractivity contribution >= 4 is 41.3 Å². The highest BCUT2D eigenvalue weighted by atomic mass is 35.5. The van der Waals surface area contributed by atoms with Gasteiger partial charge in [-0.15, -0.1) is 11.8 Å². The van der Waals surface area contributed by atoms with E-state index >= 15 is 0 Å². The van der Waals surface area contributed by atoms with Crippen LogP contribution in [0.4, 0.5) is 0 Å². The monoisotopic (exact) mass is 470 g/mol. The summed E-state index contributed by atoms with van der Waals surface area (Å²) in [6.45, 7) is 0.434. The second-order valence-electron chi connectivity index (χ2n) is 8.24.